The second kappa shape index (κ2) is 10.3. The highest BCUT2D eigenvalue weighted by Gasteiger charge is 2.33. The lowest BCUT2D eigenvalue weighted by molar-refractivity contribution is 0.0944. The van der Waals surface area contributed by atoms with Crippen molar-refractivity contribution in [3.05, 3.63) is 119 Å². The molecule has 0 radical (unpaired) electrons. The lowest BCUT2D eigenvalue weighted by atomic mass is 9.97. The molecule has 9 heteroatoms. The first kappa shape index (κ1) is 25.9. The molecule has 202 valence electrons. The monoisotopic (exact) mass is 554 g/mol. The van der Waals surface area contributed by atoms with Crippen LogP contribution >= 0.6 is 0 Å². The molecule has 1 fully saturated rings. The number of rotatable bonds is 6. The molecule has 3 aromatic carbocycles. The summed E-state index contributed by atoms with van der Waals surface area (Å²) in [5, 5.41) is 8.44. The SMILES string of the molecule is Cc1nn(C2CCS(=O)(=O)C2)c2nc(-c3ccc(F)cc3)cc(C(=O)NC(c3ccccc3)c3ccccc3)c12. The fourth-order valence-corrected chi connectivity index (χ4v) is 7.03. The van der Waals surface area contributed by atoms with Crippen LogP contribution < -0.4 is 5.32 Å². The molecule has 0 saturated carbocycles. The third kappa shape index (κ3) is 5.00. The fraction of sp³-hybridized carbons (Fsp3) is 0.194. The maximum absolute atomic E-state index is 14.1. The van der Waals surface area contributed by atoms with Gasteiger partial charge in [-0.25, -0.2) is 22.5 Å². The topological polar surface area (TPSA) is 93.9 Å². The van der Waals surface area contributed by atoms with E-state index in [-0.39, 0.29) is 29.3 Å². The minimum Gasteiger partial charge on any atom is -0.341 e. The average molecular weight is 555 g/mol. The van der Waals surface area contributed by atoms with Gasteiger partial charge in [-0.15, -0.1) is 0 Å². The van der Waals surface area contributed by atoms with E-state index < -0.39 is 15.9 Å². The summed E-state index contributed by atoms with van der Waals surface area (Å²) in [5.41, 5.74) is 4.33. The Balaban J connectivity index is 1.50. The predicted molar refractivity (Wildman–Crippen MR) is 152 cm³/mol. The van der Waals surface area contributed by atoms with Crippen LogP contribution in [0.2, 0.25) is 0 Å². The molecule has 1 amide bonds. The maximum atomic E-state index is 14.1. The number of aryl methyl sites for hydroxylation is 1. The van der Waals surface area contributed by atoms with Crippen LogP contribution in [0.15, 0.2) is 91.0 Å². The molecule has 1 atom stereocenters. The summed E-state index contributed by atoms with van der Waals surface area (Å²) in [7, 11) is -3.18. The summed E-state index contributed by atoms with van der Waals surface area (Å²) in [4.78, 5) is 18.9. The highest BCUT2D eigenvalue weighted by atomic mass is 32.2. The highest BCUT2D eigenvalue weighted by Crippen LogP contribution is 2.33. The van der Waals surface area contributed by atoms with Crippen LogP contribution in [-0.2, 0) is 9.84 Å². The van der Waals surface area contributed by atoms with Crippen LogP contribution in [0.5, 0.6) is 0 Å². The van der Waals surface area contributed by atoms with Crippen LogP contribution in [-0.4, -0.2) is 40.6 Å². The first-order chi connectivity index (χ1) is 19.3. The van der Waals surface area contributed by atoms with Gasteiger partial charge in [-0.2, -0.15) is 5.10 Å². The van der Waals surface area contributed by atoms with Crippen molar-refractivity contribution >= 4 is 26.8 Å². The highest BCUT2D eigenvalue weighted by molar-refractivity contribution is 7.91. The lowest BCUT2D eigenvalue weighted by Gasteiger charge is -2.20. The van der Waals surface area contributed by atoms with Crippen LogP contribution in [0.1, 0.15) is 45.7 Å². The summed E-state index contributed by atoms with van der Waals surface area (Å²) in [6, 6.07) is 26.2. The molecule has 1 aliphatic heterocycles. The number of aromatic nitrogens is 3. The molecule has 1 N–H and O–H groups in total. The molecule has 40 heavy (non-hydrogen) atoms. The molecule has 3 heterocycles. The molecule has 5 aromatic rings. The molecule has 1 saturated heterocycles. The van der Waals surface area contributed by atoms with Crippen molar-refractivity contribution in [2.75, 3.05) is 11.5 Å². The van der Waals surface area contributed by atoms with Gasteiger partial charge >= 0.3 is 0 Å². The normalized spacial score (nSPS) is 16.4. The number of amides is 1. The molecule has 0 bridgehead atoms. The van der Waals surface area contributed by atoms with E-state index in [1.54, 1.807) is 29.8 Å². The number of carbonyl (C=O) groups is 1. The van der Waals surface area contributed by atoms with Crippen molar-refractivity contribution in [1.82, 2.24) is 20.1 Å². The van der Waals surface area contributed by atoms with E-state index in [2.05, 4.69) is 10.4 Å². The van der Waals surface area contributed by atoms with Crippen molar-refractivity contribution in [2.45, 2.75) is 25.4 Å². The maximum Gasteiger partial charge on any atom is 0.252 e. The second-order valence-corrected chi connectivity index (χ2v) is 12.3. The van der Waals surface area contributed by atoms with E-state index >= 15 is 0 Å². The van der Waals surface area contributed by atoms with E-state index in [1.807, 2.05) is 60.7 Å². The molecular weight excluding hydrogens is 527 g/mol. The van der Waals surface area contributed by atoms with E-state index in [9.17, 15) is 17.6 Å². The van der Waals surface area contributed by atoms with Gasteiger partial charge in [-0.3, -0.25) is 4.79 Å². The molecule has 7 nitrogen and oxygen atoms in total. The number of fused-ring (bicyclic) bond motifs is 1. The van der Waals surface area contributed by atoms with Gasteiger partial charge in [-0.05, 0) is 54.8 Å². The van der Waals surface area contributed by atoms with E-state index in [1.165, 1.54) is 12.1 Å². The lowest BCUT2D eigenvalue weighted by Crippen LogP contribution is -2.29. The summed E-state index contributed by atoms with van der Waals surface area (Å²) < 4.78 is 39.9. The summed E-state index contributed by atoms with van der Waals surface area (Å²) >= 11 is 0. The van der Waals surface area contributed by atoms with Gasteiger partial charge in [0.25, 0.3) is 5.91 Å². The molecular formula is C31H27FN4O3S. The van der Waals surface area contributed by atoms with E-state index in [4.69, 9.17) is 4.98 Å². The molecule has 0 spiro atoms. The zero-order valence-corrected chi connectivity index (χ0v) is 22.6. The second-order valence-electron chi connectivity index (χ2n) is 10.1. The van der Waals surface area contributed by atoms with Crippen molar-refractivity contribution in [1.29, 1.82) is 0 Å². The standard InChI is InChI=1S/C31H27FN4O3S/c1-20-28-26(31(37)34-29(22-8-4-2-5-9-22)23-10-6-3-7-11-23)18-27(21-12-14-24(32)15-13-21)33-30(28)36(35-20)25-16-17-40(38,39)19-25/h2-15,18,25,29H,16-17,19H2,1H3,(H,34,37). The molecule has 1 unspecified atom stereocenters. The number of pyridine rings is 1. The van der Waals surface area contributed by atoms with Crippen LogP contribution in [0.3, 0.4) is 0 Å². The van der Waals surface area contributed by atoms with Crippen LogP contribution in [0.25, 0.3) is 22.3 Å². The Morgan fingerprint density at radius 3 is 2.17 bits per heavy atom. The number of sulfone groups is 1. The van der Waals surface area contributed by atoms with Crippen molar-refractivity contribution in [3.63, 3.8) is 0 Å². The van der Waals surface area contributed by atoms with Crippen LogP contribution in [0.4, 0.5) is 4.39 Å². The number of hydrogen-bond acceptors (Lipinski definition) is 5. The van der Waals surface area contributed by atoms with Crippen molar-refractivity contribution < 1.29 is 17.6 Å². The number of nitrogens with zero attached hydrogens (tertiary/aromatic N) is 3. The Hall–Kier alpha value is -4.37. The summed E-state index contributed by atoms with van der Waals surface area (Å²) in [6.45, 7) is 1.80. The van der Waals surface area contributed by atoms with Gasteiger partial charge in [-0.1, -0.05) is 60.7 Å². The number of hydrogen-bond donors (Lipinski definition) is 1. The molecule has 2 aromatic heterocycles. The van der Waals surface area contributed by atoms with Crippen LogP contribution in [0, 0.1) is 12.7 Å². The van der Waals surface area contributed by atoms with Gasteiger partial charge in [0.1, 0.15) is 5.82 Å². The van der Waals surface area contributed by atoms with Crippen molar-refractivity contribution in [3.8, 4) is 11.3 Å². The Bertz CT molecular complexity index is 1770. The van der Waals surface area contributed by atoms with E-state index in [0.717, 1.165) is 11.1 Å². The third-order valence-corrected chi connectivity index (χ3v) is 9.07. The molecule has 6 rings (SSSR count). The predicted octanol–water partition coefficient (Wildman–Crippen LogP) is 5.42. The van der Waals surface area contributed by atoms with Gasteiger partial charge in [0.15, 0.2) is 15.5 Å². The molecule has 1 aliphatic rings. The minimum absolute atomic E-state index is 0.0305. The van der Waals surface area contributed by atoms with Crippen molar-refractivity contribution in [2.24, 2.45) is 0 Å². The summed E-state index contributed by atoms with van der Waals surface area (Å²) in [5.74, 6) is -0.653. The zero-order valence-electron chi connectivity index (χ0n) is 21.8. The number of halogens is 1. The van der Waals surface area contributed by atoms with E-state index in [0.29, 0.717) is 40.0 Å². The average Bonchev–Trinajstić information content (AvgIpc) is 3.50. The number of carbonyl (C=O) groups excluding carboxylic acids is 1. The Morgan fingerprint density at radius 1 is 0.975 bits per heavy atom. The Kier molecular flexibility index (Phi) is 6.67. The quantitative estimate of drug-likeness (QED) is 0.302. The third-order valence-electron chi connectivity index (χ3n) is 7.32. The summed E-state index contributed by atoms with van der Waals surface area (Å²) in [6.07, 6.45) is 0.423. The van der Waals surface area contributed by atoms with Gasteiger partial charge in [0.2, 0.25) is 0 Å². The Morgan fingerprint density at radius 2 is 1.60 bits per heavy atom. The molecule has 0 aliphatic carbocycles. The minimum atomic E-state index is -3.18. The first-order valence-corrected chi connectivity index (χ1v) is 14.9. The largest absolute Gasteiger partial charge is 0.341 e. The van der Waals surface area contributed by atoms with Gasteiger partial charge in [0.05, 0.1) is 45.9 Å². The number of nitrogens with one attached hydrogen (secondary N) is 1. The number of benzene rings is 3. The fourth-order valence-electron chi connectivity index (χ4n) is 5.34. The van der Waals surface area contributed by atoms with Gasteiger partial charge < -0.3 is 5.32 Å². The Labute approximate surface area is 231 Å². The first-order valence-electron chi connectivity index (χ1n) is 13.1. The smallest absolute Gasteiger partial charge is 0.252 e. The zero-order chi connectivity index (χ0) is 27.9. The van der Waals surface area contributed by atoms with Gasteiger partial charge in [0, 0.05) is 5.56 Å².